The molecule has 2 aliphatic rings. The number of benzene rings is 3. The second-order valence-corrected chi connectivity index (χ2v) is 7.33. The van der Waals surface area contributed by atoms with Gasteiger partial charge in [0.1, 0.15) is 5.84 Å². The molecule has 0 N–H and O–H groups in total. The molecule has 5 rings (SSSR count). The van der Waals surface area contributed by atoms with Crippen molar-refractivity contribution >= 4 is 5.84 Å². The van der Waals surface area contributed by atoms with Crippen LogP contribution in [0.25, 0.3) is 0 Å². The molecule has 1 unspecified atom stereocenters. The summed E-state index contributed by atoms with van der Waals surface area (Å²) in [4.78, 5) is 7.42. The first-order valence-electron chi connectivity index (χ1n) is 9.34. The lowest BCUT2D eigenvalue weighted by Gasteiger charge is -2.31. The number of amidine groups is 1. The molecule has 0 amide bonds. The number of hydrogen-bond donors (Lipinski definition) is 0. The Bertz CT molecular complexity index is 877. The fraction of sp³-hybridized carbons (Fsp3) is 0.208. The van der Waals surface area contributed by atoms with E-state index in [2.05, 4.69) is 95.9 Å². The third kappa shape index (κ3) is 2.37. The Morgan fingerprint density at radius 2 is 1.27 bits per heavy atom. The first-order valence-corrected chi connectivity index (χ1v) is 9.34. The highest BCUT2D eigenvalue weighted by molar-refractivity contribution is 6.00. The number of rotatable bonds is 3. The number of hydrogen-bond acceptors (Lipinski definition) is 2. The van der Waals surface area contributed by atoms with Crippen molar-refractivity contribution in [3.63, 3.8) is 0 Å². The van der Waals surface area contributed by atoms with Crippen molar-refractivity contribution in [3.05, 3.63) is 108 Å². The Balaban J connectivity index is 1.58. The summed E-state index contributed by atoms with van der Waals surface area (Å²) < 4.78 is 0. The molecule has 128 valence electrons. The Morgan fingerprint density at radius 1 is 0.731 bits per heavy atom. The molecule has 1 fully saturated rings. The van der Waals surface area contributed by atoms with Crippen molar-refractivity contribution in [1.82, 2.24) is 4.90 Å². The molecule has 2 aliphatic heterocycles. The van der Waals surface area contributed by atoms with Gasteiger partial charge in [0, 0.05) is 17.5 Å². The maximum atomic E-state index is 4.89. The van der Waals surface area contributed by atoms with Gasteiger partial charge in [0.15, 0.2) is 0 Å². The largest absolute Gasteiger partial charge is 0.350 e. The van der Waals surface area contributed by atoms with E-state index in [1.807, 2.05) is 0 Å². The van der Waals surface area contributed by atoms with E-state index in [1.54, 1.807) is 0 Å². The van der Waals surface area contributed by atoms with Crippen molar-refractivity contribution in [2.45, 2.75) is 17.9 Å². The van der Waals surface area contributed by atoms with Crippen LogP contribution in [0.3, 0.4) is 0 Å². The molecule has 2 heteroatoms. The average molecular weight is 338 g/mol. The first kappa shape index (κ1) is 15.4. The van der Waals surface area contributed by atoms with E-state index in [9.17, 15) is 0 Å². The van der Waals surface area contributed by atoms with Crippen LogP contribution in [0.4, 0.5) is 0 Å². The molecule has 0 radical (unpaired) electrons. The molecule has 3 aromatic rings. The highest BCUT2D eigenvalue weighted by Gasteiger charge is 2.49. The molecule has 0 bridgehead atoms. The maximum Gasteiger partial charge on any atom is 0.131 e. The normalized spacial score (nSPS) is 20.7. The molecule has 26 heavy (non-hydrogen) atoms. The molecule has 3 aromatic carbocycles. The monoisotopic (exact) mass is 338 g/mol. The molecule has 2 nitrogen and oxygen atoms in total. The van der Waals surface area contributed by atoms with Crippen LogP contribution >= 0.6 is 0 Å². The number of nitrogens with zero attached hydrogens (tertiary/aromatic N) is 2. The fourth-order valence-corrected chi connectivity index (χ4v) is 4.63. The summed E-state index contributed by atoms with van der Waals surface area (Å²) in [7, 11) is 0. The molecule has 1 saturated heterocycles. The van der Waals surface area contributed by atoms with Crippen molar-refractivity contribution < 1.29 is 0 Å². The fourth-order valence-electron chi connectivity index (χ4n) is 4.63. The summed E-state index contributed by atoms with van der Waals surface area (Å²) in [5, 5.41) is 0. The van der Waals surface area contributed by atoms with Crippen LogP contribution in [0.15, 0.2) is 96.0 Å². The zero-order valence-electron chi connectivity index (χ0n) is 14.8. The molecule has 1 atom stereocenters. The van der Waals surface area contributed by atoms with Gasteiger partial charge >= 0.3 is 0 Å². The van der Waals surface area contributed by atoms with Gasteiger partial charge < -0.3 is 4.90 Å². The zero-order valence-corrected chi connectivity index (χ0v) is 14.8. The lowest BCUT2D eigenvalue weighted by molar-refractivity contribution is 0.425. The smallest absolute Gasteiger partial charge is 0.131 e. The predicted octanol–water partition coefficient (Wildman–Crippen LogP) is 4.51. The van der Waals surface area contributed by atoms with Gasteiger partial charge in [-0.1, -0.05) is 91.0 Å². The van der Waals surface area contributed by atoms with Crippen LogP contribution in [0.5, 0.6) is 0 Å². The second kappa shape index (κ2) is 6.14. The molecule has 2 heterocycles. The van der Waals surface area contributed by atoms with Crippen LogP contribution < -0.4 is 0 Å². The summed E-state index contributed by atoms with van der Waals surface area (Å²) in [6, 6.07) is 33.1. The van der Waals surface area contributed by atoms with E-state index in [4.69, 9.17) is 4.99 Å². The third-order valence-corrected chi connectivity index (χ3v) is 5.87. The minimum Gasteiger partial charge on any atom is -0.350 e. The first-order chi connectivity index (χ1) is 12.9. The van der Waals surface area contributed by atoms with Crippen molar-refractivity contribution in [2.24, 2.45) is 4.99 Å². The van der Waals surface area contributed by atoms with E-state index >= 15 is 0 Å². The van der Waals surface area contributed by atoms with E-state index in [0.29, 0.717) is 6.04 Å². The summed E-state index contributed by atoms with van der Waals surface area (Å²) in [6.45, 7) is 1.88. The van der Waals surface area contributed by atoms with Gasteiger partial charge in [0.2, 0.25) is 0 Å². The molecule has 0 aliphatic carbocycles. The molecular weight excluding hydrogens is 316 g/mol. The lowest BCUT2D eigenvalue weighted by Crippen LogP contribution is -2.35. The summed E-state index contributed by atoms with van der Waals surface area (Å²) >= 11 is 0. The van der Waals surface area contributed by atoms with Crippen LogP contribution in [-0.4, -0.2) is 29.9 Å². The van der Waals surface area contributed by atoms with E-state index in [0.717, 1.165) is 25.3 Å². The molecular formula is C24H22N2. The van der Waals surface area contributed by atoms with Crippen LogP contribution in [0.1, 0.15) is 23.1 Å². The maximum absolute atomic E-state index is 4.89. The topological polar surface area (TPSA) is 15.6 Å². The van der Waals surface area contributed by atoms with Gasteiger partial charge in [-0.25, -0.2) is 0 Å². The summed E-state index contributed by atoms with van der Waals surface area (Å²) in [6.07, 6.45) is 1.11. The second-order valence-electron chi connectivity index (χ2n) is 7.33. The van der Waals surface area contributed by atoms with E-state index in [-0.39, 0.29) is 5.41 Å². The van der Waals surface area contributed by atoms with Gasteiger partial charge in [0.05, 0.1) is 12.6 Å². The summed E-state index contributed by atoms with van der Waals surface area (Å²) in [5.74, 6) is 1.16. The van der Waals surface area contributed by atoms with E-state index < -0.39 is 0 Å². The Hall–Kier alpha value is -2.87. The lowest BCUT2D eigenvalue weighted by atomic mass is 9.73. The van der Waals surface area contributed by atoms with Crippen LogP contribution in [0, 0.1) is 0 Å². The summed E-state index contributed by atoms with van der Waals surface area (Å²) in [5.41, 5.74) is 4.08. The van der Waals surface area contributed by atoms with E-state index in [1.165, 1.54) is 16.7 Å². The quantitative estimate of drug-likeness (QED) is 0.686. The Morgan fingerprint density at radius 3 is 1.85 bits per heavy atom. The Kier molecular flexibility index (Phi) is 3.63. The highest BCUT2D eigenvalue weighted by Crippen LogP contribution is 2.45. The van der Waals surface area contributed by atoms with Gasteiger partial charge in [-0.15, -0.1) is 0 Å². The number of aliphatic imine (C=N–C) groups is 1. The van der Waals surface area contributed by atoms with Gasteiger partial charge in [0.25, 0.3) is 0 Å². The van der Waals surface area contributed by atoms with Crippen LogP contribution in [-0.2, 0) is 5.41 Å². The number of fused-ring (bicyclic) bond motifs is 1. The highest BCUT2D eigenvalue weighted by atomic mass is 15.3. The minimum absolute atomic E-state index is 0.0309. The minimum atomic E-state index is 0.0309. The third-order valence-electron chi connectivity index (χ3n) is 5.87. The average Bonchev–Trinajstić information content (AvgIpc) is 3.29. The predicted molar refractivity (Wildman–Crippen MR) is 107 cm³/mol. The molecule has 0 spiro atoms. The van der Waals surface area contributed by atoms with Gasteiger partial charge in [-0.2, -0.15) is 0 Å². The van der Waals surface area contributed by atoms with Crippen molar-refractivity contribution in [2.75, 3.05) is 13.1 Å². The molecule has 0 aromatic heterocycles. The van der Waals surface area contributed by atoms with Crippen LogP contribution in [0.2, 0.25) is 0 Å². The van der Waals surface area contributed by atoms with Gasteiger partial charge in [-0.05, 0) is 17.5 Å². The Labute approximate surface area is 154 Å². The van der Waals surface area contributed by atoms with Gasteiger partial charge in [-0.3, -0.25) is 4.99 Å². The van der Waals surface area contributed by atoms with Crippen molar-refractivity contribution in [1.29, 1.82) is 0 Å². The SMILES string of the molecule is c1ccc(C2=NCC3CC(c4ccccc4)(c4ccccc4)CN23)cc1. The zero-order chi connectivity index (χ0) is 17.4. The standard InChI is InChI=1S/C24H22N2/c1-4-10-19(11-5-1)23-25-17-22-16-24(18-26(22)23,20-12-6-2-7-13-20)21-14-8-3-9-15-21/h1-15,22H,16-18H2. The molecule has 0 saturated carbocycles. The van der Waals surface area contributed by atoms with Crippen molar-refractivity contribution in [3.8, 4) is 0 Å².